The van der Waals surface area contributed by atoms with E-state index >= 15 is 0 Å². The molecule has 5 nitrogen and oxygen atoms in total. The van der Waals surface area contributed by atoms with Gasteiger partial charge in [-0.3, -0.25) is 4.79 Å². The van der Waals surface area contributed by atoms with Crippen LogP contribution in [0.2, 0.25) is 0 Å². The third kappa shape index (κ3) is 4.56. The molecule has 1 heterocycles. The molecular weight excluding hydrogens is 244 g/mol. The van der Waals surface area contributed by atoms with Gasteiger partial charge in [-0.1, -0.05) is 30.9 Å². The van der Waals surface area contributed by atoms with Gasteiger partial charge in [-0.15, -0.1) is 0 Å². The molecular formula is C14H18N2O3. The molecule has 0 fully saturated rings. The maximum atomic E-state index is 10.6. The molecule has 5 heteroatoms. The summed E-state index contributed by atoms with van der Waals surface area (Å²) in [5.74, 6) is -0.709. The number of hydrogen-bond donors (Lipinski definition) is 2. The number of aromatic nitrogens is 2. The minimum atomic E-state index is -1.11. The maximum Gasteiger partial charge on any atom is 0.306 e. The van der Waals surface area contributed by atoms with Crippen LogP contribution in [0.1, 0.15) is 25.3 Å². The number of nitrogens with zero attached hydrogens (tertiary/aromatic N) is 2. The lowest BCUT2D eigenvalue weighted by Crippen LogP contribution is -2.13. The summed E-state index contributed by atoms with van der Waals surface area (Å²) >= 11 is 0. The van der Waals surface area contributed by atoms with E-state index in [1.807, 2.05) is 25.2 Å². The van der Waals surface area contributed by atoms with Gasteiger partial charge in [0.15, 0.2) is 0 Å². The van der Waals surface area contributed by atoms with Gasteiger partial charge in [0.05, 0.1) is 6.42 Å². The number of aliphatic hydroxyl groups excluding tert-OH is 1. The Bertz CT molecular complexity index is 501. The number of allylic oxidation sites excluding steroid dienone is 5. The van der Waals surface area contributed by atoms with Crippen molar-refractivity contribution >= 4 is 5.97 Å². The highest BCUT2D eigenvalue weighted by Gasteiger charge is 2.17. The van der Waals surface area contributed by atoms with Gasteiger partial charge in [-0.05, 0) is 12.5 Å². The average molecular weight is 262 g/mol. The Balaban J connectivity index is 2.90. The molecule has 1 aromatic heterocycles. The number of carboxylic acid groups (broad SMARTS) is 1. The van der Waals surface area contributed by atoms with Gasteiger partial charge in [-0.25, -0.2) is 4.98 Å². The minimum Gasteiger partial charge on any atom is -0.481 e. The standard InChI is InChI=1S/C14H18N2O3/c1-3-5-11(6-4-2)10-16-8-7-15-14(16)12(17)9-13(18)19/h3-8,12,17H,1,9-10H2,2H3,(H,18,19)/b6-4-,11-5+. The van der Waals surface area contributed by atoms with E-state index in [0.29, 0.717) is 12.4 Å². The van der Waals surface area contributed by atoms with Crippen molar-refractivity contribution < 1.29 is 15.0 Å². The first-order valence-corrected chi connectivity index (χ1v) is 5.93. The van der Waals surface area contributed by atoms with Crippen molar-refractivity contribution in [3.05, 3.63) is 54.7 Å². The molecule has 0 aliphatic rings. The summed E-state index contributed by atoms with van der Waals surface area (Å²) in [4.78, 5) is 14.6. The van der Waals surface area contributed by atoms with Gasteiger partial charge in [0.1, 0.15) is 11.9 Å². The van der Waals surface area contributed by atoms with Crippen LogP contribution < -0.4 is 0 Å². The van der Waals surface area contributed by atoms with Crippen molar-refractivity contribution in [1.29, 1.82) is 0 Å². The van der Waals surface area contributed by atoms with Gasteiger partial charge in [0.2, 0.25) is 0 Å². The average Bonchev–Trinajstić information content (AvgIpc) is 2.77. The van der Waals surface area contributed by atoms with E-state index in [-0.39, 0.29) is 6.42 Å². The van der Waals surface area contributed by atoms with Crippen LogP contribution >= 0.6 is 0 Å². The van der Waals surface area contributed by atoms with Crippen LogP contribution in [0.15, 0.2) is 48.8 Å². The second kappa shape index (κ2) is 7.33. The Morgan fingerprint density at radius 2 is 2.37 bits per heavy atom. The van der Waals surface area contributed by atoms with Crippen LogP contribution in [-0.4, -0.2) is 25.7 Å². The molecule has 0 aromatic carbocycles. The molecule has 0 aliphatic heterocycles. The van der Waals surface area contributed by atoms with Gasteiger partial charge >= 0.3 is 5.97 Å². The van der Waals surface area contributed by atoms with E-state index < -0.39 is 12.1 Å². The van der Waals surface area contributed by atoms with Crippen LogP contribution in [0.5, 0.6) is 0 Å². The van der Waals surface area contributed by atoms with Crippen molar-refractivity contribution in [2.75, 3.05) is 0 Å². The number of carboxylic acids is 1. The molecule has 0 amide bonds. The predicted molar refractivity (Wildman–Crippen MR) is 72.5 cm³/mol. The number of rotatable bonds is 7. The number of aliphatic carboxylic acids is 1. The number of imidazole rings is 1. The third-order valence-corrected chi connectivity index (χ3v) is 2.48. The Morgan fingerprint density at radius 1 is 1.63 bits per heavy atom. The van der Waals surface area contributed by atoms with Gasteiger partial charge in [0.25, 0.3) is 0 Å². The van der Waals surface area contributed by atoms with Crippen molar-refractivity contribution in [2.24, 2.45) is 0 Å². The van der Waals surface area contributed by atoms with Gasteiger partial charge < -0.3 is 14.8 Å². The lowest BCUT2D eigenvalue weighted by molar-refractivity contribution is -0.139. The summed E-state index contributed by atoms with van der Waals surface area (Å²) in [7, 11) is 0. The van der Waals surface area contributed by atoms with Crippen LogP contribution in [0.3, 0.4) is 0 Å². The minimum absolute atomic E-state index is 0.349. The van der Waals surface area contributed by atoms with Gasteiger partial charge in [0, 0.05) is 18.9 Å². The summed E-state index contributed by atoms with van der Waals surface area (Å²) in [6, 6.07) is 0. The lowest BCUT2D eigenvalue weighted by Gasteiger charge is -2.12. The predicted octanol–water partition coefficient (Wildman–Crippen LogP) is 2.08. The molecule has 0 spiro atoms. The summed E-state index contributed by atoms with van der Waals surface area (Å²) < 4.78 is 1.73. The first-order chi connectivity index (χ1) is 9.08. The molecule has 1 aromatic rings. The third-order valence-electron chi connectivity index (χ3n) is 2.48. The molecule has 0 saturated carbocycles. The van der Waals surface area contributed by atoms with Gasteiger partial charge in [-0.2, -0.15) is 0 Å². The van der Waals surface area contributed by atoms with E-state index in [0.717, 1.165) is 5.57 Å². The Morgan fingerprint density at radius 3 is 2.95 bits per heavy atom. The molecule has 1 rings (SSSR count). The van der Waals surface area contributed by atoms with E-state index in [4.69, 9.17) is 5.11 Å². The molecule has 19 heavy (non-hydrogen) atoms. The highest BCUT2D eigenvalue weighted by Crippen LogP contribution is 2.16. The maximum absolute atomic E-state index is 10.6. The Hall–Kier alpha value is -2.14. The van der Waals surface area contributed by atoms with Crippen molar-refractivity contribution in [3.8, 4) is 0 Å². The fourth-order valence-electron chi connectivity index (χ4n) is 1.73. The zero-order chi connectivity index (χ0) is 14.3. The molecule has 2 N–H and O–H groups in total. The van der Waals surface area contributed by atoms with Crippen LogP contribution in [0, 0.1) is 0 Å². The second-order valence-corrected chi connectivity index (χ2v) is 4.00. The van der Waals surface area contributed by atoms with Crippen LogP contribution in [-0.2, 0) is 11.3 Å². The highest BCUT2D eigenvalue weighted by molar-refractivity contribution is 5.67. The zero-order valence-corrected chi connectivity index (χ0v) is 10.9. The quantitative estimate of drug-likeness (QED) is 0.738. The molecule has 0 radical (unpaired) electrons. The Kier molecular flexibility index (Phi) is 5.75. The summed E-state index contributed by atoms with van der Waals surface area (Å²) in [5.41, 5.74) is 0.985. The highest BCUT2D eigenvalue weighted by atomic mass is 16.4. The SMILES string of the molecule is C=C/C=C(\C=C/C)Cn1ccnc1C(O)CC(=O)O. The monoisotopic (exact) mass is 262 g/mol. The smallest absolute Gasteiger partial charge is 0.306 e. The fourth-order valence-corrected chi connectivity index (χ4v) is 1.73. The normalized spacial score (nSPS) is 13.7. The van der Waals surface area contributed by atoms with E-state index in [2.05, 4.69) is 11.6 Å². The topological polar surface area (TPSA) is 75.3 Å². The van der Waals surface area contributed by atoms with Crippen molar-refractivity contribution in [1.82, 2.24) is 9.55 Å². The molecule has 0 saturated heterocycles. The zero-order valence-electron chi connectivity index (χ0n) is 10.9. The first-order valence-electron chi connectivity index (χ1n) is 5.93. The van der Waals surface area contributed by atoms with E-state index in [9.17, 15) is 9.90 Å². The van der Waals surface area contributed by atoms with Crippen molar-refractivity contribution in [2.45, 2.75) is 26.0 Å². The molecule has 0 bridgehead atoms. The summed E-state index contributed by atoms with van der Waals surface area (Å²) in [6.45, 7) is 6.06. The largest absolute Gasteiger partial charge is 0.481 e. The molecule has 0 aliphatic carbocycles. The number of aliphatic hydroxyl groups is 1. The first kappa shape index (κ1) is 14.9. The number of hydrogen-bond acceptors (Lipinski definition) is 3. The fraction of sp³-hybridized carbons (Fsp3) is 0.286. The molecule has 102 valence electrons. The lowest BCUT2D eigenvalue weighted by atomic mass is 10.2. The van der Waals surface area contributed by atoms with Crippen molar-refractivity contribution in [3.63, 3.8) is 0 Å². The summed E-state index contributed by atoms with van der Waals surface area (Å²) in [5, 5.41) is 18.5. The Labute approximate surface area is 112 Å². The van der Waals surface area contributed by atoms with E-state index in [1.54, 1.807) is 23.0 Å². The second-order valence-electron chi connectivity index (χ2n) is 4.00. The van der Waals surface area contributed by atoms with Crippen LogP contribution in [0.4, 0.5) is 0 Å². The molecule has 1 unspecified atom stereocenters. The number of carbonyl (C=O) groups is 1. The van der Waals surface area contributed by atoms with E-state index in [1.165, 1.54) is 0 Å². The van der Waals surface area contributed by atoms with Crippen LogP contribution in [0.25, 0.3) is 0 Å². The summed E-state index contributed by atoms with van der Waals surface area (Å²) in [6.07, 6.45) is 9.15. The molecule has 1 atom stereocenters.